The summed E-state index contributed by atoms with van der Waals surface area (Å²) in [6, 6.07) is 20.9. The number of nitrogens with one attached hydrogen (secondary N) is 2. The molecule has 2 atom stereocenters. The molecule has 0 aliphatic carbocycles. The smallest absolute Gasteiger partial charge is 0.223 e. The van der Waals surface area contributed by atoms with Crippen LogP contribution in [0.2, 0.25) is 0 Å². The van der Waals surface area contributed by atoms with Crippen LogP contribution in [0.4, 0.5) is 0 Å². The van der Waals surface area contributed by atoms with E-state index < -0.39 is 0 Å². The van der Waals surface area contributed by atoms with Crippen molar-refractivity contribution >= 4 is 5.91 Å². The van der Waals surface area contributed by atoms with Crippen LogP contribution in [0.25, 0.3) is 11.3 Å². The number of hydrogen-bond acceptors (Lipinski definition) is 3. The Morgan fingerprint density at radius 2 is 1.86 bits per heavy atom. The molecular weight excluding hydrogens is 360 g/mol. The van der Waals surface area contributed by atoms with Gasteiger partial charge in [-0.1, -0.05) is 60.7 Å². The summed E-state index contributed by atoms with van der Waals surface area (Å²) in [6.45, 7) is 4.25. The van der Waals surface area contributed by atoms with Crippen molar-refractivity contribution in [1.82, 2.24) is 20.4 Å². The first kappa shape index (κ1) is 19.4. The van der Waals surface area contributed by atoms with Gasteiger partial charge in [0.2, 0.25) is 5.91 Å². The predicted octanol–water partition coefficient (Wildman–Crippen LogP) is 3.60. The van der Waals surface area contributed by atoms with Crippen LogP contribution in [0.3, 0.4) is 0 Å². The summed E-state index contributed by atoms with van der Waals surface area (Å²) in [4.78, 5) is 12.7. The minimum absolute atomic E-state index is 0.0887. The molecule has 0 bridgehead atoms. The molecule has 1 fully saturated rings. The molecule has 1 saturated heterocycles. The van der Waals surface area contributed by atoms with Gasteiger partial charge in [0.25, 0.3) is 0 Å². The number of aromatic nitrogens is 2. The molecule has 150 valence electrons. The Hall–Kier alpha value is -2.92. The highest BCUT2D eigenvalue weighted by Gasteiger charge is 2.24. The molecule has 2 N–H and O–H groups in total. The number of carbonyl (C=O) groups excluding carboxylic acids is 1. The molecule has 0 spiro atoms. The number of benzene rings is 2. The normalized spacial score (nSPS) is 19.1. The topological polar surface area (TPSA) is 59.0 Å². The van der Waals surface area contributed by atoms with E-state index in [2.05, 4.69) is 48.0 Å². The molecular formula is C24H28N4O. The van der Waals surface area contributed by atoms with E-state index >= 15 is 0 Å². The number of hydrogen-bond donors (Lipinski definition) is 2. The molecule has 2 heterocycles. The van der Waals surface area contributed by atoms with Crippen LogP contribution >= 0.6 is 0 Å². The van der Waals surface area contributed by atoms with Crippen LogP contribution in [0.5, 0.6) is 0 Å². The van der Waals surface area contributed by atoms with Crippen molar-refractivity contribution in [1.29, 1.82) is 0 Å². The molecule has 1 aliphatic rings. The highest BCUT2D eigenvalue weighted by atomic mass is 16.1. The zero-order chi connectivity index (χ0) is 20.1. The van der Waals surface area contributed by atoms with Crippen molar-refractivity contribution in [3.05, 3.63) is 78.0 Å². The summed E-state index contributed by atoms with van der Waals surface area (Å²) in [5.41, 5.74) is 4.25. The number of carbonyl (C=O) groups is 1. The number of rotatable bonds is 6. The second-order valence-corrected chi connectivity index (χ2v) is 7.85. The van der Waals surface area contributed by atoms with E-state index in [-0.39, 0.29) is 11.8 Å². The van der Waals surface area contributed by atoms with Gasteiger partial charge in [-0.25, -0.2) is 0 Å². The summed E-state index contributed by atoms with van der Waals surface area (Å²) in [5.74, 6) is 0.235. The van der Waals surface area contributed by atoms with Gasteiger partial charge in [-0.3, -0.25) is 9.48 Å². The fraction of sp³-hybridized carbons (Fsp3) is 0.333. The predicted molar refractivity (Wildman–Crippen MR) is 115 cm³/mol. The Kier molecular flexibility index (Phi) is 6.06. The van der Waals surface area contributed by atoms with Gasteiger partial charge in [-0.2, -0.15) is 5.10 Å². The molecule has 0 saturated carbocycles. The highest BCUT2D eigenvalue weighted by Crippen LogP contribution is 2.23. The van der Waals surface area contributed by atoms with Gasteiger partial charge >= 0.3 is 0 Å². The molecule has 3 aromatic rings. The van der Waals surface area contributed by atoms with Crippen LogP contribution in [0, 0.1) is 5.92 Å². The second-order valence-electron chi connectivity index (χ2n) is 7.85. The van der Waals surface area contributed by atoms with Crippen LogP contribution in [-0.4, -0.2) is 28.3 Å². The zero-order valence-electron chi connectivity index (χ0n) is 16.8. The van der Waals surface area contributed by atoms with E-state index in [1.54, 1.807) is 0 Å². The van der Waals surface area contributed by atoms with Gasteiger partial charge in [0.1, 0.15) is 0 Å². The Balaban J connectivity index is 1.52. The van der Waals surface area contributed by atoms with Crippen molar-refractivity contribution in [2.24, 2.45) is 5.92 Å². The monoisotopic (exact) mass is 388 g/mol. The molecule has 1 amide bonds. The minimum Gasteiger partial charge on any atom is -0.352 e. The standard InChI is InChI=1S/C24H28N4O/c1-18-14-21(12-13-25-18)24(29)26-15-22-17-28(16-19-8-4-2-5-9-19)27-23(22)20-10-6-3-7-11-20/h2-11,17-18,21,25H,12-16H2,1H3,(H,26,29)/t18-,21-/m0/s1. The van der Waals surface area contributed by atoms with E-state index in [1.807, 2.05) is 41.1 Å². The third-order valence-electron chi connectivity index (χ3n) is 5.52. The van der Waals surface area contributed by atoms with E-state index in [9.17, 15) is 4.79 Å². The molecule has 5 nitrogen and oxygen atoms in total. The average Bonchev–Trinajstić information content (AvgIpc) is 3.16. The van der Waals surface area contributed by atoms with Gasteiger partial charge in [-0.05, 0) is 31.9 Å². The fourth-order valence-electron chi connectivity index (χ4n) is 3.98. The van der Waals surface area contributed by atoms with E-state index in [0.29, 0.717) is 19.1 Å². The second kappa shape index (κ2) is 9.05. The van der Waals surface area contributed by atoms with Crippen molar-refractivity contribution in [3.63, 3.8) is 0 Å². The van der Waals surface area contributed by atoms with Crippen molar-refractivity contribution < 1.29 is 4.79 Å². The Morgan fingerprint density at radius 1 is 1.14 bits per heavy atom. The summed E-state index contributed by atoms with van der Waals surface area (Å²) in [5, 5.41) is 11.4. The lowest BCUT2D eigenvalue weighted by molar-refractivity contribution is -0.126. The maximum atomic E-state index is 12.7. The quantitative estimate of drug-likeness (QED) is 0.678. The van der Waals surface area contributed by atoms with Crippen LogP contribution < -0.4 is 10.6 Å². The lowest BCUT2D eigenvalue weighted by Crippen LogP contribution is -2.42. The first-order valence-electron chi connectivity index (χ1n) is 10.4. The van der Waals surface area contributed by atoms with Gasteiger partial charge < -0.3 is 10.6 Å². The lowest BCUT2D eigenvalue weighted by Gasteiger charge is -2.27. The first-order chi connectivity index (χ1) is 14.2. The molecule has 4 rings (SSSR count). The lowest BCUT2D eigenvalue weighted by atomic mass is 9.92. The largest absolute Gasteiger partial charge is 0.352 e. The molecule has 1 aliphatic heterocycles. The Labute approximate surface area is 172 Å². The van der Waals surface area contributed by atoms with E-state index in [1.165, 1.54) is 5.56 Å². The van der Waals surface area contributed by atoms with Crippen molar-refractivity contribution in [2.75, 3.05) is 6.54 Å². The van der Waals surface area contributed by atoms with E-state index in [4.69, 9.17) is 5.10 Å². The van der Waals surface area contributed by atoms with Gasteiger partial charge in [0.15, 0.2) is 0 Å². The van der Waals surface area contributed by atoms with Crippen LogP contribution in [0.1, 0.15) is 30.9 Å². The summed E-state index contributed by atoms with van der Waals surface area (Å²) < 4.78 is 1.96. The van der Waals surface area contributed by atoms with Crippen LogP contribution in [0.15, 0.2) is 66.9 Å². The molecule has 0 radical (unpaired) electrons. The summed E-state index contributed by atoms with van der Waals surface area (Å²) >= 11 is 0. The van der Waals surface area contributed by atoms with Gasteiger partial charge in [0.05, 0.1) is 12.2 Å². The van der Waals surface area contributed by atoms with E-state index in [0.717, 1.165) is 36.2 Å². The minimum atomic E-state index is 0.0887. The third kappa shape index (κ3) is 4.93. The maximum Gasteiger partial charge on any atom is 0.223 e. The SMILES string of the molecule is C[C@H]1C[C@@H](C(=O)NCc2cn(Cc3ccccc3)nc2-c2ccccc2)CCN1. The summed E-state index contributed by atoms with van der Waals surface area (Å²) in [6.07, 6.45) is 3.85. The highest BCUT2D eigenvalue weighted by molar-refractivity contribution is 5.79. The number of amides is 1. The fourth-order valence-corrected chi connectivity index (χ4v) is 3.98. The van der Waals surface area contributed by atoms with Gasteiger partial charge in [-0.15, -0.1) is 0 Å². The molecule has 2 aromatic carbocycles. The average molecular weight is 389 g/mol. The summed E-state index contributed by atoms with van der Waals surface area (Å²) in [7, 11) is 0. The van der Waals surface area contributed by atoms with Gasteiger partial charge in [0, 0.05) is 35.8 Å². The van der Waals surface area contributed by atoms with Crippen molar-refractivity contribution in [2.45, 2.75) is 38.9 Å². The molecule has 0 unspecified atom stereocenters. The Morgan fingerprint density at radius 3 is 2.59 bits per heavy atom. The molecule has 5 heteroatoms. The zero-order valence-corrected chi connectivity index (χ0v) is 16.8. The molecule has 1 aromatic heterocycles. The number of piperidine rings is 1. The Bertz CT molecular complexity index is 936. The van der Waals surface area contributed by atoms with Crippen LogP contribution in [-0.2, 0) is 17.9 Å². The first-order valence-corrected chi connectivity index (χ1v) is 10.4. The third-order valence-corrected chi connectivity index (χ3v) is 5.52. The maximum absolute atomic E-state index is 12.7. The number of nitrogens with zero attached hydrogens (tertiary/aromatic N) is 2. The molecule has 29 heavy (non-hydrogen) atoms. The van der Waals surface area contributed by atoms with Crippen molar-refractivity contribution in [3.8, 4) is 11.3 Å².